The van der Waals surface area contributed by atoms with Gasteiger partial charge < -0.3 is 19.9 Å². The monoisotopic (exact) mass is 396 g/mol. The minimum Gasteiger partial charge on any atom is -0.497 e. The van der Waals surface area contributed by atoms with Crippen LogP contribution in [-0.4, -0.2) is 50.5 Å². The number of methoxy groups -OCH3 is 1. The maximum atomic E-state index is 13.0. The van der Waals surface area contributed by atoms with Gasteiger partial charge in [0, 0.05) is 30.8 Å². The molecule has 2 amide bonds. The van der Waals surface area contributed by atoms with Crippen LogP contribution in [0.25, 0.3) is 0 Å². The zero-order valence-corrected chi connectivity index (χ0v) is 17.4. The molecule has 29 heavy (non-hydrogen) atoms. The van der Waals surface area contributed by atoms with Crippen molar-refractivity contribution in [3.05, 3.63) is 65.2 Å². The van der Waals surface area contributed by atoms with E-state index < -0.39 is 0 Å². The average Bonchev–Trinajstić information content (AvgIpc) is 3.57. The molecule has 0 aliphatic heterocycles. The largest absolute Gasteiger partial charge is 0.497 e. The van der Waals surface area contributed by atoms with Gasteiger partial charge in [0.2, 0.25) is 0 Å². The number of carbonyl (C=O) groups excluding carboxylic acids is 2. The van der Waals surface area contributed by atoms with Crippen LogP contribution in [0, 0.1) is 0 Å². The molecule has 1 unspecified atom stereocenters. The molecule has 0 bridgehead atoms. The topological polar surface area (TPSA) is 63.1 Å². The Bertz CT molecular complexity index is 829. The van der Waals surface area contributed by atoms with Crippen molar-refractivity contribution in [2.24, 2.45) is 0 Å². The molecule has 0 radical (unpaired) electrons. The number of hydrogen-bond donors (Lipinski definition) is 2. The molecular formula is C23H30N3O3+. The van der Waals surface area contributed by atoms with Crippen LogP contribution in [0.5, 0.6) is 5.75 Å². The number of carbonyl (C=O) groups is 2. The zero-order chi connectivity index (χ0) is 20.8. The van der Waals surface area contributed by atoms with Crippen LogP contribution in [0.2, 0.25) is 0 Å². The highest BCUT2D eigenvalue weighted by Crippen LogP contribution is 2.28. The van der Waals surface area contributed by atoms with E-state index >= 15 is 0 Å². The summed E-state index contributed by atoms with van der Waals surface area (Å²) in [6.45, 7) is 1.83. The van der Waals surface area contributed by atoms with Crippen molar-refractivity contribution in [3.63, 3.8) is 0 Å². The second kappa shape index (κ2) is 9.56. The maximum absolute atomic E-state index is 13.0. The molecule has 154 valence electrons. The van der Waals surface area contributed by atoms with Crippen molar-refractivity contribution < 1.29 is 19.2 Å². The third-order valence-corrected chi connectivity index (χ3v) is 5.22. The molecule has 0 aromatic heterocycles. The first-order chi connectivity index (χ1) is 14.0. The van der Waals surface area contributed by atoms with Gasteiger partial charge in [0.05, 0.1) is 14.2 Å². The minimum atomic E-state index is -0.0916. The fourth-order valence-corrected chi connectivity index (χ4v) is 3.42. The second-order valence-electron chi connectivity index (χ2n) is 7.69. The zero-order valence-electron chi connectivity index (χ0n) is 17.4. The highest BCUT2D eigenvalue weighted by atomic mass is 16.5. The molecular weight excluding hydrogens is 366 g/mol. The van der Waals surface area contributed by atoms with Crippen LogP contribution in [0.1, 0.15) is 34.3 Å². The summed E-state index contributed by atoms with van der Waals surface area (Å²) in [5, 5.41) is 2.62. The Morgan fingerprint density at radius 1 is 1.07 bits per heavy atom. The lowest BCUT2D eigenvalue weighted by atomic mass is 10.1. The number of nitrogens with zero attached hydrogens (tertiary/aromatic N) is 1. The highest BCUT2D eigenvalue weighted by molar-refractivity contribution is 5.93. The number of ether oxygens (including phenoxy) is 1. The van der Waals surface area contributed by atoms with E-state index in [1.807, 2.05) is 60.5 Å². The molecule has 6 heteroatoms. The van der Waals surface area contributed by atoms with Crippen molar-refractivity contribution in [1.82, 2.24) is 10.2 Å². The molecule has 0 heterocycles. The van der Waals surface area contributed by atoms with Gasteiger partial charge in [-0.1, -0.05) is 24.3 Å². The quantitative estimate of drug-likeness (QED) is 0.671. The van der Waals surface area contributed by atoms with Gasteiger partial charge >= 0.3 is 0 Å². The van der Waals surface area contributed by atoms with Gasteiger partial charge in [-0.3, -0.25) is 9.59 Å². The number of hydrogen-bond acceptors (Lipinski definition) is 3. The lowest BCUT2D eigenvalue weighted by Crippen LogP contribution is -3.08. The molecule has 1 saturated carbocycles. The Morgan fingerprint density at radius 3 is 2.24 bits per heavy atom. The number of benzene rings is 2. The van der Waals surface area contributed by atoms with Gasteiger partial charge in [0.1, 0.15) is 12.3 Å². The van der Waals surface area contributed by atoms with Gasteiger partial charge in [-0.25, -0.2) is 0 Å². The van der Waals surface area contributed by atoms with Crippen LogP contribution < -0.4 is 15.0 Å². The van der Waals surface area contributed by atoms with Gasteiger partial charge in [-0.05, 0) is 42.7 Å². The molecule has 6 nitrogen and oxygen atoms in total. The van der Waals surface area contributed by atoms with E-state index in [9.17, 15) is 9.59 Å². The predicted octanol–water partition coefficient (Wildman–Crippen LogP) is 1.26. The minimum absolute atomic E-state index is 0.0916. The Balaban J connectivity index is 1.56. The van der Waals surface area contributed by atoms with Crippen molar-refractivity contribution in [3.8, 4) is 5.75 Å². The van der Waals surface area contributed by atoms with E-state index in [0.717, 1.165) is 41.2 Å². The average molecular weight is 397 g/mol. The van der Waals surface area contributed by atoms with E-state index in [-0.39, 0.29) is 11.8 Å². The first kappa shape index (κ1) is 20.9. The normalized spacial score (nSPS) is 14.2. The summed E-state index contributed by atoms with van der Waals surface area (Å²) < 4.78 is 5.21. The predicted molar refractivity (Wildman–Crippen MR) is 112 cm³/mol. The van der Waals surface area contributed by atoms with Gasteiger partial charge in [0.25, 0.3) is 11.8 Å². The van der Waals surface area contributed by atoms with E-state index in [4.69, 9.17) is 4.74 Å². The van der Waals surface area contributed by atoms with E-state index in [2.05, 4.69) is 5.32 Å². The summed E-state index contributed by atoms with van der Waals surface area (Å²) in [5.74, 6) is 0.915. The molecule has 2 N–H and O–H groups in total. The molecule has 0 spiro atoms. The Morgan fingerprint density at radius 2 is 1.69 bits per heavy atom. The van der Waals surface area contributed by atoms with Gasteiger partial charge in [-0.2, -0.15) is 0 Å². The number of amides is 2. The smallest absolute Gasteiger partial charge is 0.278 e. The van der Waals surface area contributed by atoms with Crippen LogP contribution in [-0.2, 0) is 17.9 Å². The lowest BCUT2D eigenvalue weighted by molar-refractivity contribution is -0.885. The Kier molecular flexibility index (Phi) is 6.88. The summed E-state index contributed by atoms with van der Waals surface area (Å²) in [6, 6.07) is 15.8. The van der Waals surface area contributed by atoms with Crippen LogP contribution in [0.4, 0.5) is 0 Å². The fraction of sp³-hybridized carbons (Fsp3) is 0.391. The number of rotatable bonds is 9. The molecule has 1 fully saturated rings. The summed E-state index contributed by atoms with van der Waals surface area (Å²) in [5.41, 5.74) is 2.87. The van der Waals surface area contributed by atoms with Crippen molar-refractivity contribution in [2.45, 2.75) is 32.0 Å². The summed E-state index contributed by atoms with van der Waals surface area (Å²) in [4.78, 5) is 27.8. The third kappa shape index (κ3) is 5.81. The van der Waals surface area contributed by atoms with Gasteiger partial charge in [0.15, 0.2) is 6.54 Å². The summed E-state index contributed by atoms with van der Waals surface area (Å²) in [7, 11) is 5.31. The molecule has 1 aliphatic carbocycles. The number of nitrogens with one attached hydrogen (secondary N) is 2. The lowest BCUT2D eigenvalue weighted by Gasteiger charge is -2.24. The van der Waals surface area contributed by atoms with Crippen molar-refractivity contribution in [1.29, 1.82) is 0 Å². The molecule has 0 saturated heterocycles. The van der Waals surface area contributed by atoms with Crippen molar-refractivity contribution >= 4 is 11.8 Å². The fourth-order valence-electron chi connectivity index (χ4n) is 3.42. The second-order valence-corrected chi connectivity index (χ2v) is 7.69. The van der Waals surface area contributed by atoms with Crippen molar-refractivity contribution in [2.75, 3.05) is 27.7 Å². The van der Waals surface area contributed by atoms with Crippen LogP contribution >= 0.6 is 0 Å². The van der Waals surface area contributed by atoms with E-state index in [1.165, 1.54) is 0 Å². The van der Waals surface area contributed by atoms with E-state index in [0.29, 0.717) is 24.7 Å². The standard InChI is InChI=1S/C23H29N3O3/c1-24-23(28)19-8-4-17(5-9-19)14-25(2)16-22(27)26(20-10-11-20)15-18-6-12-21(29-3)13-7-18/h4-9,12-13,20H,10-11,14-16H2,1-3H3,(H,24,28)/p+1. The van der Waals surface area contributed by atoms with Crippen LogP contribution in [0.15, 0.2) is 48.5 Å². The highest BCUT2D eigenvalue weighted by Gasteiger charge is 2.33. The third-order valence-electron chi connectivity index (χ3n) is 5.22. The summed E-state index contributed by atoms with van der Waals surface area (Å²) in [6.07, 6.45) is 2.17. The Hall–Kier alpha value is -2.86. The SMILES string of the molecule is CNC(=O)c1ccc(C[NH+](C)CC(=O)N(Cc2ccc(OC)cc2)C2CC2)cc1. The first-order valence-corrected chi connectivity index (χ1v) is 10.0. The van der Waals surface area contributed by atoms with Gasteiger partial charge in [-0.15, -0.1) is 0 Å². The molecule has 1 aliphatic rings. The number of likely N-dealkylation sites (N-methyl/N-ethyl adjacent to an activating group) is 1. The molecule has 2 aromatic rings. The molecule has 2 aromatic carbocycles. The first-order valence-electron chi connectivity index (χ1n) is 10.0. The Labute approximate surface area is 172 Å². The molecule has 3 rings (SSSR count). The molecule has 1 atom stereocenters. The van der Waals surface area contributed by atoms with E-state index in [1.54, 1.807) is 14.2 Å². The van der Waals surface area contributed by atoms with Crippen LogP contribution in [0.3, 0.4) is 0 Å². The maximum Gasteiger partial charge on any atom is 0.278 e. The number of quaternary nitrogens is 1. The summed E-state index contributed by atoms with van der Waals surface area (Å²) >= 11 is 0.